The van der Waals surface area contributed by atoms with Gasteiger partial charge in [0.2, 0.25) is 5.91 Å². The van der Waals surface area contributed by atoms with Crippen molar-refractivity contribution in [1.82, 2.24) is 5.32 Å². The van der Waals surface area contributed by atoms with E-state index in [0.29, 0.717) is 23.7 Å². The fourth-order valence-corrected chi connectivity index (χ4v) is 2.46. The molecule has 134 valence electrons. The smallest absolute Gasteiger partial charge is 0.387 e. The standard InChI is InChI=1S/C18H18ClF2NO3/c1-24-16-8-5-14(19)10-13(16)11-22-17(23)9-4-12-2-6-15(7-3-12)25-18(20)21/h2-3,5-8,10,18H,4,9,11H2,1H3,(H,22,23). The van der Waals surface area contributed by atoms with Crippen LogP contribution in [0.25, 0.3) is 0 Å². The molecule has 25 heavy (non-hydrogen) atoms. The van der Waals surface area contributed by atoms with Crippen LogP contribution in [0.3, 0.4) is 0 Å². The Hall–Kier alpha value is -2.34. The normalized spacial score (nSPS) is 10.6. The van der Waals surface area contributed by atoms with E-state index in [-0.39, 0.29) is 18.1 Å². The van der Waals surface area contributed by atoms with Crippen LogP contribution in [0.5, 0.6) is 11.5 Å². The average Bonchev–Trinajstić information content (AvgIpc) is 2.59. The van der Waals surface area contributed by atoms with Crippen molar-refractivity contribution in [3.05, 3.63) is 58.6 Å². The van der Waals surface area contributed by atoms with Crippen LogP contribution in [0, 0.1) is 0 Å². The molecule has 0 heterocycles. The Morgan fingerprint density at radius 2 is 1.92 bits per heavy atom. The molecule has 0 saturated heterocycles. The molecule has 1 amide bonds. The molecule has 1 N–H and O–H groups in total. The number of halogens is 3. The molecule has 0 aliphatic heterocycles. The van der Waals surface area contributed by atoms with Gasteiger partial charge < -0.3 is 14.8 Å². The first-order valence-electron chi connectivity index (χ1n) is 7.61. The number of alkyl halides is 2. The molecule has 0 saturated carbocycles. The number of benzene rings is 2. The van der Waals surface area contributed by atoms with Gasteiger partial charge in [0.15, 0.2) is 0 Å². The molecule has 0 aliphatic rings. The van der Waals surface area contributed by atoms with Gasteiger partial charge in [-0.15, -0.1) is 0 Å². The number of hydrogen-bond acceptors (Lipinski definition) is 3. The van der Waals surface area contributed by atoms with Gasteiger partial charge in [0.1, 0.15) is 11.5 Å². The van der Waals surface area contributed by atoms with Gasteiger partial charge in [-0.2, -0.15) is 8.78 Å². The first-order valence-corrected chi connectivity index (χ1v) is 7.98. The number of nitrogens with one attached hydrogen (secondary N) is 1. The Labute approximate surface area is 149 Å². The summed E-state index contributed by atoms with van der Waals surface area (Å²) >= 11 is 5.95. The molecule has 0 aliphatic carbocycles. The summed E-state index contributed by atoms with van der Waals surface area (Å²) in [7, 11) is 1.55. The zero-order chi connectivity index (χ0) is 18.2. The summed E-state index contributed by atoms with van der Waals surface area (Å²) in [5.41, 5.74) is 1.65. The molecule has 2 aromatic rings. The molecule has 0 radical (unpaired) electrons. The maximum Gasteiger partial charge on any atom is 0.387 e. The van der Waals surface area contributed by atoms with E-state index in [1.807, 2.05) is 0 Å². The third kappa shape index (κ3) is 6.23. The molecule has 0 aromatic heterocycles. The van der Waals surface area contributed by atoms with Crippen LogP contribution in [-0.2, 0) is 17.8 Å². The van der Waals surface area contributed by atoms with Gasteiger partial charge in [-0.1, -0.05) is 23.7 Å². The van der Waals surface area contributed by atoms with Crippen LogP contribution < -0.4 is 14.8 Å². The van der Waals surface area contributed by atoms with Gasteiger partial charge >= 0.3 is 6.61 Å². The molecular weight excluding hydrogens is 352 g/mol. The minimum Gasteiger partial charge on any atom is -0.496 e. The first-order chi connectivity index (χ1) is 12.0. The summed E-state index contributed by atoms with van der Waals surface area (Å²) in [6, 6.07) is 11.4. The first kappa shape index (κ1) is 19.0. The van der Waals surface area contributed by atoms with E-state index in [2.05, 4.69) is 10.1 Å². The summed E-state index contributed by atoms with van der Waals surface area (Å²) in [4.78, 5) is 12.0. The highest BCUT2D eigenvalue weighted by atomic mass is 35.5. The molecule has 7 heteroatoms. The van der Waals surface area contributed by atoms with Gasteiger partial charge in [-0.05, 0) is 42.3 Å². The summed E-state index contributed by atoms with van der Waals surface area (Å²) < 4.78 is 33.7. The van der Waals surface area contributed by atoms with Crippen LogP contribution in [-0.4, -0.2) is 19.6 Å². The van der Waals surface area contributed by atoms with Crippen molar-refractivity contribution < 1.29 is 23.0 Å². The lowest BCUT2D eigenvalue weighted by Crippen LogP contribution is -2.23. The molecule has 0 fully saturated rings. The van der Waals surface area contributed by atoms with Gasteiger partial charge in [0.05, 0.1) is 7.11 Å². The number of carbonyl (C=O) groups excluding carboxylic acids is 1. The Bertz CT molecular complexity index is 708. The quantitative estimate of drug-likeness (QED) is 0.758. The number of ether oxygens (including phenoxy) is 2. The van der Waals surface area contributed by atoms with Crippen molar-refractivity contribution >= 4 is 17.5 Å². The predicted octanol–water partition coefficient (Wildman–Crippen LogP) is 4.20. The lowest BCUT2D eigenvalue weighted by atomic mass is 10.1. The Morgan fingerprint density at radius 3 is 2.56 bits per heavy atom. The van der Waals surface area contributed by atoms with Gasteiger partial charge in [-0.25, -0.2) is 0 Å². The van der Waals surface area contributed by atoms with Crippen LogP contribution in [0.1, 0.15) is 17.5 Å². The van der Waals surface area contributed by atoms with Gasteiger partial charge in [0, 0.05) is 23.6 Å². The molecule has 0 bridgehead atoms. The molecule has 2 aromatic carbocycles. The van der Waals surface area contributed by atoms with Crippen molar-refractivity contribution in [3.63, 3.8) is 0 Å². The number of hydrogen-bond donors (Lipinski definition) is 1. The maximum atomic E-state index is 12.1. The molecular formula is C18H18ClF2NO3. The largest absolute Gasteiger partial charge is 0.496 e. The van der Waals surface area contributed by atoms with E-state index in [4.69, 9.17) is 16.3 Å². The fraction of sp³-hybridized carbons (Fsp3) is 0.278. The van der Waals surface area contributed by atoms with Crippen molar-refractivity contribution in [2.75, 3.05) is 7.11 Å². The molecule has 4 nitrogen and oxygen atoms in total. The maximum absolute atomic E-state index is 12.1. The van der Waals surface area contributed by atoms with Gasteiger partial charge in [-0.3, -0.25) is 4.79 Å². The molecule has 0 atom stereocenters. The summed E-state index contributed by atoms with van der Waals surface area (Å²) in [5.74, 6) is 0.616. The van der Waals surface area contributed by atoms with Crippen LogP contribution in [0.4, 0.5) is 8.78 Å². The lowest BCUT2D eigenvalue weighted by molar-refractivity contribution is -0.121. The van der Waals surface area contributed by atoms with Crippen molar-refractivity contribution in [1.29, 1.82) is 0 Å². The highest BCUT2D eigenvalue weighted by molar-refractivity contribution is 6.30. The van der Waals surface area contributed by atoms with E-state index in [1.165, 1.54) is 12.1 Å². The zero-order valence-electron chi connectivity index (χ0n) is 13.6. The van der Waals surface area contributed by atoms with E-state index in [9.17, 15) is 13.6 Å². The molecule has 2 rings (SSSR count). The minimum atomic E-state index is -2.85. The zero-order valence-corrected chi connectivity index (χ0v) is 14.4. The average molecular weight is 370 g/mol. The topological polar surface area (TPSA) is 47.6 Å². The summed E-state index contributed by atoms with van der Waals surface area (Å²) in [6.07, 6.45) is 0.769. The van der Waals surface area contributed by atoms with Gasteiger partial charge in [0.25, 0.3) is 0 Å². The van der Waals surface area contributed by atoms with Crippen molar-refractivity contribution in [2.24, 2.45) is 0 Å². The Balaban J connectivity index is 1.82. The lowest BCUT2D eigenvalue weighted by Gasteiger charge is -2.10. The summed E-state index contributed by atoms with van der Waals surface area (Å²) in [6.45, 7) is -2.54. The number of methoxy groups -OCH3 is 1. The van der Waals surface area contributed by atoms with E-state index < -0.39 is 6.61 Å². The van der Waals surface area contributed by atoms with Crippen LogP contribution in [0.15, 0.2) is 42.5 Å². The summed E-state index contributed by atoms with van der Waals surface area (Å²) in [5, 5.41) is 3.37. The highest BCUT2D eigenvalue weighted by Crippen LogP contribution is 2.22. The predicted molar refractivity (Wildman–Crippen MR) is 91.2 cm³/mol. The van der Waals surface area contributed by atoms with E-state index >= 15 is 0 Å². The highest BCUT2D eigenvalue weighted by Gasteiger charge is 2.08. The van der Waals surface area contributed by atoms with Crippen LogP contribution in [0.2, 0.25) is 5.02 Å². The second-order valence-electron chi connectivity index (χ2n) is 5.26. The fourth-order valence-electron chi connectivity index (χ4n) is 2.26. The van der Waals surface area contributed by atoms with Crippen molar-refractivity contribution in [2.45, 2.75) is 26.0 Å². The SMILES string of the molecule is COc1ccc(Cl)cc1CNC(=O)CCc1ccc(OC(F)F)cc1. The second kappa shape index (κ2) is 9.22. The van der Waals surface area contributed by atoms with E-state index in [1.54, 1.807) is 37.4 Å². The monoisotopic (exact) mass is 369 g/mol. The number of rotatable bonds is 8. The molecule has 0 unspecified atom stereocenters. The molecule has 0 spiro atoms. The van der Waals surface area contributed by atoms with Crippen LogP contribution >= 0.6 is 11.6 Å². The number of amides is 1. The van der Waals surface area contributed by atoms with E-state index in [0.717, 1.165) is 11.1 Å². The minimum absolute atomic E-state index is 0.0938. The number of aryl methyl sites for hydroxylation is 1. The van der Waals surface area contributed by atoms with Crippen molar-refractivity contribution in [3.8, 4) is 11.5 Å². The number of carbonyl (C=O) groups is 1. The second-order valence-corrected chi connectivity index (χ2v) is 5.69. The third-order valence-corrected chi connectivity index (χ3v) is 3.74. The third-order valence-electron chi connectivity index (χ3n) is 3.51. The Morgan fingerprint density at radius 1 is 1.20 bits per heavy atom. The Kier molecular flexibility index (Phi) is 7.01.